The maximum Gasteiger partial charge on any atom is 0.252 e. The average Bonchev–Trinajstić information content (AvgIpc) is 3.33. The number of aromatic amines is 1. The van der Waals surface area contributed by atoms with Gasteiger partial charge in [-0.15, -0.1) is 0 Å². The number of H-pyrrole nitrogens is 1. The highest BCUT2D eigenvalue weighted by atomic mass is 16.1. The number of carbonyl (C=O) groups excluding carboxylic acids is 1. The van der Waals surface area contributed by atoms with Gasteiger partial charge in [-0.25, -0.2) is 9.97 Å². The fraction of sp³-hybridized carbons (Fsp3) is 0.167. The Morgan fingerprint density at radius 1 is 1.06 bits per heavy atom. The molecule has 7 heteroatoms. The summed E-state index contributed by atoms with van der Waals surface area (Å²) < 4.78 is 1.72. The topological polar surface area (TPSA) is 88.5 Å². The number of rotatable bonds is 5. The Labute approximate surface area is 179 Å². The lowest BCUT2D eigenvalue weighted by molar-refractivity contribution is 0.0955. The van der Waals surface area contributed by atoms with E-state index in [-0.39, 0.29) is 5.91 Å². The summed E-state index contributed by atoms with van der Waals surface area (Å²) in [6, 6.07) is 19.6. The summed E-state index contributed by atoms with van der Waals surface area (Å²) in [7, 11) is 1.85. The summed E-state index contributed by atoms with van der Waals surface area (Å²) in [6.07, 6.45) is 0.617. The number of hydrogen-bond acceptors (Lipinski definition) is 4. The molecule has 1 amide bonds. The molecular weight excluding hydrogens is 388 g/mol. The fourth-order valence-corrected chi connectivity index (χ4v) is 3.89. The van der Waals surface area contributed by atoms with E-state index in [1.54, 1.807) is 4.68 Å². The third-order valence-electron chi connectivity index (χ3n) is 5.37. The molecule has 0 aliphatic rings. The van der Waals surface area contributed by atoms with E-state index in [2.05, 4.69) is 20.4 Å². The van der Waals surface area contributed by atoms with Gasteiger partial charge in [-0.1, -0.05) is 42.5 Å². The van der Waals surface area contributed by atoms with E-state index in [0.29, 0.717) is 24.2 Å². The second-order valence-electron chi connectivity index (χ2n) is 7.54. The third kappa shape index (κ3) is 3.54. The predicted molar refractivity (Wildman–Crippen MR) is 121 cm³/mol. The van der Waals surface area contributed by atoms with Crippen molar-refractivity contribution in [3.8, 4) is 11.3 Å². The van der Waals surface area contributed by atoms with Gasteiger partial charge < -0.3 is 10.3 Å². The molecule has 0 saturated heterocycles. The van der Waals surface area contributed by atoms with E-state index < -0.39 is 0 Å². The number of fused-ring (bicyclic) bond motifs is 2. The molecule has 2 aromatic carbocycles. The van der Waals surface area contributed by atoms with E-state index in [0.717, 1.165) is 39.2 Å². The summed E-state index contributed by atoms with van der Waals surface area (Å²) in [4.78, 5) is 25.8. The molecule has 5 aromatic rings. The molecule has 0 bridgehead atoms. The SMILES string of the molecule is Cc1nn(C)c2nc(-c3ccccc3)cc(C(=O)NCCc3nc4ccccc4[nH]3)c12. The zero-order valence-corrected chi connectivity index (χ0v) is 17.4. The molecule has 7 nitrogen and oxygen atoms in total. The summed E-state index contributed by atoms with van der Waals surface area (Å²) in [5.74, 6) is 0.709. The molecule has 0 atom stereocenters. The lowest BCUT2D eigenvalue weighted by atomic mass is 10.0. The fourth-order valence-electron chi connectivity index (χ4n) is 3.89. The molecule has 0 saturated carbocycles. The number of pyridine rings is 1. The van der Waals surface area contributed by atoms with Crippen LogP contribution >= 0.6 is 0 Å². The van der Waals surface area contributed by atoms with Crippen molar-refractivity contribution in [1.29, 1.82) is 0 Å². The van der Waals surface area contributed by atoms with Crippen LogP contribution in [0.1, 0.15) is 21.9 Å². The van der Waals surface area contributed by atoms with Gasteiger partial charge in [-0.2, -0.15) is 5.10 Å². The molecule has 0 fully saturated rings. The number of amides is 1. The van der Waals surface area contributed by atoms with Crippen LogP contribution in [0, 0.1) is 6.92 Å². The molecule has 154 valence electrons. The molecule has 0 spiro atoms. The Balaban J connectivity index is 1.43. The standard InChI is InChI=1S/C24H22N6O/c1-15-22-17(14-20(16-8-4-3-5-9-16)28-23(22)30(2)29-15)24(31)25-13-12-21-26-18-10-6-7-11-19(18)27-21/h3-11,14H,12-13H2,1-2H3,(H,25,31)(H,26,27). The molecule has 3 heterocycles. The number of benzene rings is 2. The first-order chi connectivity index (χ1) is 15.1. The van der Waals surface area contributed by atoms with Gasteiger partial charge >= 0.3 is 0 Å². The second-order valence-corrected chi connectivity index (χ2v) is 7.54. The van der Waals surface area contributed by atoms with Crippen LogP contribution in [0.2, 0.25) is 0 Å². The first kappa shape index (κ1) is 19.0. The molecule has 0 aliphatic heterocycles. The number of para-hydroxylation sites is 2. The highest BCUT2D eigenvalue weighted by Crippen LogP contribution is 2.26. The zero-order chi connectivity index (χ0) is 21.4. The quantitative estimate of drug-likeness (QED) is 0.461. The van der Waals surface area contributed by atoms with Crippen molar-refractivity contribution in [3.63, 3.8) is 0 Å². The van der Waals surface area contributed by atoms with Gasteiger partial charge in [-0.3, -0.25) is 9.48 Å². The monoisotopic (exact) mass is 410 g/mol. The number of nitrogens with one attached hydrogen (secondary N) is 2. The van der Waals surface area contributed by atoms with Crippen LogP contribution in [0.15, 0.2) is 60.7 Å². The average molecular weight is 410 g/mol. The van der Waals surface area contributed by atoms with Gasteiger partial charge in [-0.05, 0) is 25.1 Å². The molecule has 3 aromatic heterocycles. The Morgan fingerprint density at radius 2 is 1.84 bits per heavy atom. The highest BCUT2D eigenvalue weighted by Gasteiger charge is 2.19. The van der Waals surface area contributed by atoms with Crippen LogP contribution in [0.5, 0.6) is 0 Å². The number of imidazole rings is 1. The largest absolute Gasteiger partial charge is 0.352 e. The summed E-state index contributed by atoms with van der Waals surface area (Å²) in [6.45, 7) is 2.37. The number of nitrogens with zero attached hydrogens (tertiary/aromatic N) is 4. The normalized spacial score (nSPS) is 11.3. The molecule has 5 rings (SSSR count). The minimum atomic E-state index is -0.142. The number of hydrogen-bond donors (Lipinski definition) is 2. The van der Waals surface area contributed by atoms with Crippen molar-refractivity contribution in [3.05, 3.63) is 77.7 Å². The van der Waals surface area contributed by atoms with Crippen LogP contribution in [-0.2, 0) is 13.5 Å². The Kier molecular flexibility index (Phi) is 4.71. The van der Waals surface area contributed by atoms with E-state index in [4.69, 9.17) is 4.98 Å². The maximum atomic E-state index is 13.2. The Morgan fingerprint density at radius 3 is 2.65 bits per heavy atom. The molecule has 2 N–H and O–H groups in total. The van der Waals surface area contributed by atoms with E-state index in [9.17, 15) is 4.79 Å². The van der Waals surface area contributed by atoms with E-state index in [1.807, 2.05) is 74.6 Å². The first-order valence-corrected chi connectivity index (χ1v) is 10.2. The minimum Gasteiger partial charge on any atom is -0.352 e. The van der Waals surface area contributed by atoms with Crippen molar-refractivity contribution in [2.45, 2.75) is 13.3 Å². The number of carbonyl (C=O) groups is 1. The van der Waals surface area contributed by atoms with Crippen molar-refractivity contribution in [1.82, 2.24) is 30.0 Å². The van der Waals surface area contributed by atoms with Gasteiger partial charge in [0.2, 0.25) is 0 Å². The lowest BCUT2D eigenvalue weighted by Crippen LogP contribution is -2.26. The predicted octanol–water partition coefficient (Wildman–Crippen LogP) is 3.79. The molecular formula is C24H22N6O. The summed E-state index contributed by atoms with van der Waals surface area (Å²) in [5, 5.41) is 8.30. The van der Waals surface area contributed by atoms with Crippen LogP contribution in [0.4, 0.5) is 0 Å². The van der Waals surface area contributed by atoms with Crippen LogP contribution in [0.3, 0.4) is 0 Å². The van der Waals surface area contributed by atoms with Crippen LogP contribution < -0.4 is 5.32 Å². The number of aromatic nitrogens is 5. The minimum absolute atomic E-state index is 0.142. The van der Waals surface area contributed by atoms with E-state index in [1.165, 1.54) is 0 Å². The van der Waals surface area contributed by atoms with Crippen molar-refractivity contribution in [2.24, 2.45) is 7.05 Å². The molecule has 0 radical (unpaired) electrons. The van der Waals surface area contributed by atoms with Gasteiger partial charge in [0.25, 0.3) is 5.91 Å². The van der Waals surface area contributed by atoms with Crippen molar-refractivity contribution in [2.75, 3.05) is 6.54 Å². The number of aryl methyl sites for hydroxylation is 2. The highest BCUT2D eigenvalue weighted by molar-refractivity contribution is 6.07. The van der Waals surface area contributed by atoms with Gasteiger partial charge in [0, 0.05) is 25.6 Å². The molecule has 31 heavy (non-hydrogen) atoms. The molecule has 0 unspecified atom stereocenters. The lowest BCUT2D eigenvalue weighted by Gasteiger charge is -2.09. The Hall–Kier alpha value is -4.00. The van der Waals surface area contributed by atoms with Gasteiger partial charge in [0.1, 0.15) is 5.82 Å². The van der Waals surface area contributed by atoms with Crippen molar-refractivity contribution >= 4 is 28.0 Å². The van der Waals surface area contributed by atoms with Crippen molar-refractivity contribution < 1.29 is 4.79 Å². The van der Waals surface area contributed by atoms with Gasteiger partial charge in [0.05, 0.1) is 33.4 Å². The maximum absolute atomic E-state index is 13.2. The summed E-state index contributed by atoms with van der Waals surface area (Å²) >= 11 is 0. The van der Waals surface area contributed by atoms with Gasteiger partial charge in [0.15, 0.2) is 5.65 Å². The van der Waals surface area contributed by atoms with E-state index >= 15 is 0 Å². The second kappa shape index (κ2) is 7.68. The Bertz CT molecular complexity index is 1370. The van der Waals surface area contributed by atoms with Crippen LogP contribution in [0.25, 0.3) is 33.3 Å². The first-order valence-electron chi connectivity index (χ1n) is 10.2. The summed E-state index contributed by atoms with van der Waals surface area (Å²) in [5.41, 5.74) is 5.70. The zero-order valence-electron chi connectivity index (χ0n) is 17.4. The van der Waals surface area contributed by atoms with Crippen LogP contribution in [-0.4, -0.2) is 37.2 Å². The molecule has 0 aliphatic carbocycles. The smallest absolute Gasteiger partial charge is 0.252 e. The third-order valence-corrected chi connectivity index (χ3v) is 5.37.